The second kappa shape index (κ2) is 11.0. The van der Waals surface area contributed by atoms with Crippen LogP contribution in [0, 0.1) is 0 Å². The van der Waals surface area contributed by atoms with Crippen LogP contribution in [0.15, 0.2) is 48.4 Å². The fourth-order valence-electron chi connectivity index (χ4n) is 5.66. The van der Waals surface area contributed by atoms with Crippen molar-refractivity contribution in [2.45, 2.75) is 57.9 Å². The van der Waals surface area contributed by atoms with E-state index >= 15 is 0 Å². The molecule has 1 amide bonds. The van der Waals surface area contributed by atoms with E-state index in [2.05, 4.69) is 62.0 Å². The largest absolute Gasteiger partial charge is 0.359 e. The highest BCUT2D eigenvalue weighted by Gasteiger charge is 2.37. The van der Waals surface area contributed by atoms with Gasteiger partial charge in [-0.3, -0.25) is 9.48 Å². The number of hydrogen-bond acceptors (Lipinski definition) is 7. The van der Waals surface area contributed by atoms with E-state index < -0.39 is 8.24 Å². The van der Waals surface area contributed by atoms with E-state index in [1.807, 2.05) is 11.4 Å². The molecule has 1 N–H and O–H groups in total. The van der Waals surface area contributed by atoms with Gasteiger partial charge in [0.05, 0.1) is 48.0 Å². The van der Waals surface area contributed by atoms with Gasteiger partial charge in [-0.2, -0.15) is 14.5 Å². The third-order valence-corrected chi connectivity index (χ3v) is 12.0. The lowest BCUT2D eigenvalue weighted by Crippen LogP contribution is -2.58. The van der Waals surface area contributed by atoms with Gasteiger partial charge in [0.15, 0.2) is 10.2 Å². The summed E-state index contributed by atoms with van der Waals surface area (Å²) < 4.78 is 21.1. The number of amides is 1. The summed E-state index contributed by atoms with van der Waals surface area (Å²) in [5.74, 6) is -0.306. The first-order chi connectivity index (χ1) is 20.3. The Morgan fingerprint density at radius 3 is 2.95 bits per heavy atom. The van der Waals surface area contributed by atoms with Crippen LogP contribution in [0.5, 0.6) is 0 Å². The molecule has 0 saturated carbocycles. The standard InChI is InChI=1S/C28H31ClN8O3SSi/c1-42(2)10-9-39-18-35-24-11-19(20-13-36(37(42)14-20)25-5-3-4-8-40-25)6-7-23(24)26(33-35)27(38)31-21-12-30-34(15-21)16-22-17-41-28(29)32-22/h6-7,11-15,17,25H,3-5,8-10,16,18H2,1-2H3/p+1. The third kappa shape index (κ3) is 5.31. The normalized spacial score (nSPS) is 18.6. The predicted molar refractivity (Wildman–Crippen MR) is 162 cm³/mol. The molecule has 0 spiro atoms. The molecule has 1 aromatic carbocycles. The molecule has 4 bridgehead atoms. The number of rotatable bonds is 5. The summed E-state index contributed by atoms with van der Waals surface area (Å²) in [4.78, 5) is 17.7. The number of fused-ring (bicyclic) bond motifs is 4. The zero-order valence-corrected chi connectivity index (χ0v) is 26.1. The van der Waals surface area contributed by atoms with Gasteiger partial charge in [0.1, 0.15) is 6.73 Å². The lowest BCUT2D eigenvalue weighted by atomic mass is 10.1. The van der Waals surface area contributed by atoms with E-state index in [4.69, 9.17) is 26.2 Å². The molecular weight excluding hydrogens is 592 g/mol. The van der Waals surface area contributed by atoms with E-state index in [1.165, 1.54) is 17.8 Å². The van der Waals surface area contributed by atoms with E-state index in [1.54, 1.807) is 21.8 Å². The molecule has 2 aliphatic heterocycles. The molecule has 11 nitrogen and oxygen atoms in total. The third-order valence-electron chi connectivity index (χ3n) is 7.96. The lowest BCUT2D eigenvalue weighted by Gasteiger charge is -2.25. The summed E-state index contributed by atoms with van der Waals surface area (Å²) in [6.45, 7) is 6.86. The minimum atomic E-state index is -1.91. The fourth-order valence-corrected chi connectivity index (χ4v) is 8.61. The number of carbonyl (C=O) groups excluding carboxylic acids is 1. The summed E-state index contributed by atoms with van der Waals surface area (Å²) >= 11 is 7.32. The Morgan fingerprint density at radius 2 is 2.14 bits per heavy atom. The van der Waals surface area contributed by atoms with Gasteiger partial charge in [-0.05, 0) is 49.7 Å². The quantitative estimate of drug-likeness (QED) is 0.215. The molecule has 1 atom stereocenters. The zero-order chi connectivity index (χ0) is 28.8. The number of carbonyl (C=O) groups is 1. The second-order valence-electron chi connectivity index (χ2n) is 11.4. The predicted octanol–water partition coefficient (Wildman–Crippen LogP) is 5.14. The summed E-state index contributed by atoms with van der Waals surface area (Å²) in [6, 6.07) is 7.08. The van der Waals surface area contributed by atoms with Crippen LogP contribution in [-0.2, 0) is 22.7 Å². The number of nitrogens with zero attached hydrogens (tertiary/aromatic N) is 7. The topological polar surface area (TPSA) is 105 Å². The first-order valence-electron chi connectivity index (χ1n) is 14.1. The smallest absolute Gasteiger partial charge is 0.284 e. The van der Waals surface area contributed by atoms with Crippen molar-refractivity contribution in [2.24, 2.45) is 0 Å². The van der Waals surface area contributed by atoms with Crippen LogP contribution < -0.4 is 10.00 Å². The Labute approximate surface area is 252 Å². The van der Waals surface area contributed by atoms with Crippen LogP contribution in [0.1, 0.15) is 41.7 Å². The molecule has 2 aliphatic rings. The van der Waals surface area contributed by atoms with Gasteiger partial charge in [0.2, 0.25) is 14.4 Å². The van der Waals surface area contributed by atoms with Gasteiger partial charge >= 0.3 is 0 Å². The van der Waals surface area contributed by atoms with Crippen LogP contribution in [0.2, 0.25) is 23.6 Å². The first kappa shape index (κ1) is 27.5. The Balaban J connectivity index is 1.20. The molecule has 5 aromatic rings. The molecule has 1 saturated heterocycles. The Hall–Kier alpha value is -3.36. The minimum Gasteiger partial charge on any atom is -0.359 e. The van der Waals surface area contributed by atoms with E-state index in [0.717, 1.165) is 53.2 Å². The van der Waals surface area contributed by atoms with Crippen molar-refractivity contribution in [3.8, 4) is 11.1 Å². The molecule has 218 valence electrons. The van der Waals surface area contributed by atoms with Gasteiger partial charge in [0.25, 0.3) is 12.1 Å². The Kier molecular flexibility index (Phi) is 7.22. The van der Waals surface area contributed by atoms with E-state index in [9.17, 15) is 4.79 Å². The molecule has 42 heavy (non-hydrogen) atoms. The van der Waals surface area contributed by atoms with Crippen molar-refractivity contribution in [3.63, 3.8) is 0 Å². The van der Waals surface area contributed by atoms with Crippen molar-refractivity contribution in [2.75, 3.05) is 18.5 Å². The van der Waals surface area contributed by atoms with Crippen LogP contribution in [-0.4, -0.2) is 56.2 Å². The first-order valence-corrected chi connectivity index (χ1v) is 18.5. The van der Waals surface area contributed by atoms with E-state index in [0.29, 0.717) is 29.0 Å². The number of thiazole rings is 1. The molecule has 7 rings (SSSR count). The fraction of sp³-hybridized carbons (Fsp3) is 0.393. The number of aromatic nitrogens is 7. The number of hydrogen-bond donors (Lipinski definition) is 1. The average molecular weight is 624 g/mol. The summed E-state index contributed by atoms with van der Waals surface area (Å²) in [5, 5.41) is 14.7. The summed E-state index contributed by atoms with van der Waals surface area (Å²) in [5.41, 5.74) is 4.76. The molecule has 0 radical (unpaired) electrons. The highest BCUT2D eigenvalue weighted by Crippen LogP contribution is 2.30. The molecule has 14 heteroatoms. The van der Waals surface area contributed by atoms with Crippen molar-refractivity contribution in [1.82, 2.24) is 28.9 Å². The van der Waals surface area contributed by atoms with Crippen LogP contribution in [0.4, 0.5) is 5.69 Å². The van der Waals surface area contributed by atoms with Crippen LogP contribution in [0.3, 0.4) is 0 Å². The Morgan fingerprint density at radius 1 is 1.24 bits per heavy atom. The maximum Gasteiger partial charge on any atom is 0.284 e. The SMILES string of the molecule is C[Si]1(C)CCOCn2nc(C(=O)Nc3cnn(Cc4csc(Cl)n4)c3)c3ccc(cc32)-c2cn1[n+](C1CCCCO1)c2. The van der Waals surface area contributed by atoms with Gasteiger partial charge in [-0.1, -0.05) is 22.3 Å². The van der Waals surface area contributed by atoms with Gasteiger partial charge in [-0.25, -0.2) is 9.67 Å². The number of nitrogens with one attached hydrogen (secondary N) is 1. The summed E-state index contributed by atoms with van der Waals surface area (Å²) in [6.07, 6.45) is 11.2. The lowest BCUT2D eigenvalue weighted by molar-refractivity contribution is -0.821. The van der Waals surface area contributed by atoms with Gasteiger partial charge in [-0.15, -0.1) is 11.3 Å². The Bertz CT molecular complexity index is 1770. The second-order valence-corrected chi connectivity index (χ2v) is 17.4. The molecule has 1 unspecified atom stereocenters. The average Bonchev–Trinajstić information content (AvgIpc) is 3.78. The maximum absolute atomic E-state index is 13.5. The highest BCUT2D eigenvalue weighted by atomic mass is 35.5. The molecule has 0 aliphatic carbocycles. The van der Waals surface area contributed by atoms with Crippen LogP contribution >= 0.6 is 22.9 Å². The molecular formula is C28H32ClN8O3SSi+. The van der Waals surface area contributed by atoms with Gasteiger partial charge in [0, 0.05) is 30.0 Å². The zero-order valence-electron chi connectivity index (χ0n) is 23.5. The number of halogens is 1. The molecule has 6 heterocycles. The van der Waals surface area contributed by atoms with Crippen molar-refractivity contribution < 1.29 is 19.0 Å². The minimum absolute atomic E-state index is 0.0403. The molecule has 1 fully saturated rings. The van der Waals surface area contributed by atoms with Crippen molar-refractivity contribution in [1.29, 1.82) is 0 Å². The van der Waals surface area contributed by atoms with Crippen molar-refractivity contribution >= 4 is 53.7 Å². The summed E-state index contributed by atoms with van der Waals surface area (Å²) in [7, 11) is -1.91. The van der Waals surface area contributed by atoms with Crippen molar-refractivity contribution in [3.05, 3.63) is 64.2 Å². The number of benzene rings is 1. The van der Waals surface area contributed by atoms with Gasteiger partial charge < -0.3 is 14.8 Å². The maximum atomic E-state index is 13.5. The number of ether oxygens (including phenoxy) is 2. The van der Waals surface area contributed by atoms with Crippen LogP contribution in [0.25, 0.3) is 22.0 Å². The monoisotopic (exact) mass is 623 g/mol. The highest BCUT2D eigenvalue weighted by molar-refractivity contribution is 7.13. The number of anilines is 1. The van der Waals surface area contributed by atoms with E-state index in [-0.39, 0.29) is 18.9 Å². The molecule has 4 aromatic heterocycles.